The predicted octanol–water partition coefficient (Wildman–Crippen LogP) is 2.02. The van der Waals surface area contributed by atoms with Crippen LogP contribution in [0.3, 0.4) is 0 Å². The highest BCUT2D eigenvalue weighted by Gasteiger charge is 2.50. The van der Waals surface area contributed by atoms with Gasteiger partial charge in [0.1, 0.15) is 0 Å². The van der Waals surface area contributed by atoms with E-state index in [1.54, 1.807) is 0 Å². The number of amides is 1. The minimum atomic E-state index is -0.947. The van der Waals surface area contributed by atoms with E-state index in [0.29, 0.717) is 12.3 Å². The summed E-state index contributed by atoms with van der Waals surface area (Å²) < 4.78 is 0. The second kappa shape index (κ2) is 5.07. The third kappa shape index (κ3) is 2.79. The summed E-state index contributed by atoms with van der Waals surface area (Å²) in [6.45, 7) is 6.11. The fourth-order valence-electron chi connectivity index (χ4n) is 3.42. The van der Waals surface area contributed by atoms with Gasteiger partial charge in [0.2, 0.25) is 5.91 Å². The molecule has 0 radical (unpaired) electrons. The number of aliphatic carboxylic acids is 1. The molecule has 4 heteroatoms. The molecule has 0 heterocycles. The Morgan fingerprint density at radius 2 is 2.00 bits per heavy atom. The number of hydrogen-bond acceptors (Lipinski definition) is 2. The Bertz CT molecular complexity index is 314. The van der Waals surface area contributed by atoms with Gasteiger partial charge in [-0.3, -0.25) is 9.59 Å². The van der Waals surface area contributed by atoms with Gasteiger partial charge in [0.05, 0.1) is 5.41 Å². The van der Waals surface area contributed by atoms with Crippen LogP contribution in [0.2, 0.25) is 0 Å². The van der Waals surface area contributed by atoms with E-state index in [0.717, 1.165) is 12.8 Å². The Kier molecular flexibility index (Phi) is 4.17. The number of hydrogen-bond donors (Lipinski definition) is 2. The Morgan fingerprint density at radius 3 is 2.41 bits per heavy atom. The highest BCUT2D eigenvalue weighted by molar-refractivity contribution is 5.84. The predicted molar refractivity (Wildman–Crippen MR) is 65.2 cm³/mol. The Balaban J connectivity index is 3.09. The Labute approximate surface area is 103 Å². The molecule has 1 aliphatic carbocycles. The first kappa shape index (κ1) is 14.0. The molecule has 98 valence electrons. The van der Waals surface area contributed by atoms with E-state index in [4.69, 9.17) is 5.73 Å². The quantitative estimate of drug-likeness (QED) is 0.790. The SMILES string of the molecule is CC1CCC(C(C)C)C(CC(N)=O)(C(=O)O)C1. The van der Waals surface area contributed by atoms with Crippen LogP contribution in [0.5, 0.6) is 0 Å². The normalized spacial score (nSPS) is 33.6. The van der Waals surface area contributed by atoms with Gasteiger partial charge >= 0.3 is 5.97 Å². The molecule has 4 nitrogen and oxygen atoms in total. The molecule has 0 aromatic rings. The lowest BCUT2D eigenvalue weighted by molar-refractivity contribution is -0.161. The molecular formula is C13H23NO3. The first-order valence-electron chi connectivity index (χ1n) is 6.31. The molecule has 1 aliphatic rings. The minimum Gasteiger partial charge on any atom is -0.481 e. The molecule has 0 saturated heterocycles. The topological polar surface area (TPSA) is 80.4 Å². The summed E-state index contributed by atoms with van der Waals surface area (Å²) in [7, 11) is 0. The van der Waals surface area contributed by atoms with Crippen molar-refractivity contribution in [2.75, 3.05) is 0 Å². The van der Waals surface area contributed by atoms with Gasteiger partial charge in [-0.1, -0.05) is 27.2 Å². The van der Waals surface area contributed by atoms with E-state index in [1.807, 2.05) is 13.8 Å². The number of primary amides is 1. The van der Waals surface area contributed by atoms with Gasteiger partial charge in [0, 0.05) is 6.42 Å². The molecule has 3 N–H and O–H groups in total. The number of carbonyl (C=O) groups is 2. The summed E-state index contributed by atoms with van der Waals surface area (Å²) in [6, 6.07) is 0. The molecule has 1 amide bonds. The van der Waals surface area contributed by atoms with Crippen molar-refractivity contribution in [1.82, 2.24) is 0 Å². The van der Waals surface area contributed by atoms with E-state index >= 15 is 0 Å². The maximum absolute atomic E-state index is 11.7. The molecule has 3 unspecified atom stereocenters. The molecule has 3 atom stereocenters. The number of rotatable bonds is 4. The van der Waals surface area contributed by atoms with Crippen LogP contribution in [-0.4, -0.2) is 17.0 Å². The van der Waals surface area contributed by atoms with Crippen LogP contribution in [-0.2, 0) is 9.59 Å². The number of carboxylic acid groups (broad SMARTS) is 1. The van der Waals surface area contributed by atoms with Gasteiger partial charge in [0.25, 0.3) is 0 Å². The largest absolute Gasteiger partial charge is 0.481 e. The van der Waals surface area contributed by atoms with Gasteiger partial charge < -0.3 is 10.8 Å². The molecular weight excluding hydrogens is 218 g/mol. The molecule has 0 aromatic heterocycles. The zero-order chi connectivity index (χ0) is 13.2. The van der Waals surface area contributed by atoms with Crippen LogP contribution in [0.1, 0.15) is 46.5 Å². The van der Waals surface area contributed by atoms with Crippen molar-refractivity contribution >= 4 is 11.9 Å². The molecule has 0 aliphatic heterocycles. The number of carboxylic acids is 1. The van der Waals surface area contributed by atoms with Crippen LogP contribution in [0, 0.1) is 23.2 Å². The van der Waals surface area contributed by atoms with E-state index in [1.165, 1.54) is 0 Å². The van der Waals surface area contributed by atoms with Crippen molar-refractivity contribution in [3.05, 3.63) is 0 Å². The highest BCUT2D eigenvalue weighted by atomic mass is 16.4. The van der Waals surface area contributed by atoms with Crippen molar-refractivity contribution in [3.63, 3.8) is 0 Å². The third-order valence-corrected chi connectivity index (χ3v) is 4.11. The van der Waals surface area contributed by atoms with Gasteiger partial charge in [-0.05, 0) is 30.6 Å². The summed E-state index contributed by atoms with van der Waals surface area (Å²) in [4.78, 5) is 22.9. The lowest BCUT2D eigenvalue weighted by Gasteiger charge is -2.44. The van der Waals surface area contributed by atoms with E-state index in [-0.39, 0.29) is 18.3 Å². The average molecular weight is 241 g/mol. The highest BCUT2D eigenvalue weighted by Crippen LogP contribution is 2.49. The van der Waals surface area contributed by atoms with Crippen molar-refractivity contribution in [2.24, 2.45) is 28.9 Å². The number of carbonyl (C=O) groups excluding carboxylic acids is 1. The Morgan fingerprint density at radius 1 is 1.41 bits per heavy atom. The van der Waals surface area contributed by atoms with Gasteiger partial charge in [0.15, 0.2) is 0 Å². The summed E-state index contributed by atoms with van der Waals surface area (Å²) in [5.74, 6) is -0.712. The molecule has 17 heavy (non-hydrogen) atoms. The lowest BCUT2D eigenvalue weighted by atomic mass is 9.58. The molecule has 0 aromatic carbocycles. The fourth-order valence-corrected chi connectivity index (χ4v) is 3.42. The molecule has 1 saturated carbocycles. The standard InChI is InChI=1S/C13H23NO3/c1-8(2)10-5-4-9(3)6-13(10,12(16)17)7-11(14)15/h8-10H,4-7H2,1-3H3,(H2,14,15)(H,16,17). The molecule has 1 fully saturated rings. The fraction of sp³-hybridized carbons (Fsp3) is 0.846. The molecule has 0 spiro atoms. The lowest BCUT2D eigenvalue weighted by Crippen LogP contribution is -2.47. The van der Waals surface area contributed by atoms with Crippen LogP contribution in [0.4, 0.5) is 0 Å². The first-order valence-corrected chi connectivity index (χ1v) is 6.31. The smallest absolute Gasteiger partial charge is 0.310 e. The van der Waals surface area contributed by atoms with Gasteiger partial charge in [-0.25, -0.2) is 0 Å². The summed E-state index contributed by atoms with van der Waals surface area (Å²) >= 11 is 0. The molecule has 1 rings (SSSR count). The Hall–Kier alpha value is -1.06. The third-order valence-electron chi connectivity index (χ3n) is 4.11. The van der Waals surface area contributed by atoms with E-state index < -0.39 is 17.3 Å². The first-order chi connectivity index (χ1) is 7.79. The van der Waals surface area contributed by atoms with Crippen molar-refractivity contribution in [3.8, 4) is 0 Å². The van der Waals surface area contributed by atoms with Crippen LogP contribution < -0.4 is 5.73 Å². The minimum absolute atomic E-state index is 0.0322. The van der Waals surface area contributed by atoms with Crippen LogP contribution in [0.15, 0.2) is 0 Å². The molecule has 0 bridgehead atoms. The van der Waals surface area contributed by atoms with Crippen LogP contribution in [0.25, 0.3) is 0 Å². The van der Waals surface area contributed by atoms with E-state index in [9.17, 15) is 14.7 Å². The average Bonchev–Trinajstić information content (AvgIpc) is 2.15. The van der Waals surface area contributed by atoms with Crippen molar-refractivity contribution in [2.45, 2.75) is 46.5 Å². The monoisotopic (exact) mass is 241 g/mol. The van der Waals surface area contributed by atoms with Gasteiger partial charge in [-0.2, -0.15) is 0 Å². The van der Waals surface area contributed by atoms with Crippen molar-refractivity contribution in [1.29, 1.82) is 0 Å². The maximum Gasteiger partial charge on any atom is 0.310 e. The summed E-state index contributed by atoms with van der Waals surface area (Å²) in [5.41, 5.74) is 4.31. The summed E-state index contributed by atoms with van der Waals surface area (Å²) in [5, 5.41) is 9.57. The zero-order valence-corrected chi connectivity index (χ0v) is 10.9. The van der Waals surface area contributed by atoms with Crippen molar-refractivity contribution < 1.29 is 14.7 Å². The summed E-state index contributed by atoms with van der Waals surface area (Å²) in [6.07, 6.45) is 2.44. The van der Waals surface area contributed by atoms with Gasteiger partial charge in [-0.15, -0.1) is 0 Å². The second-order valence-corrected chi connectivity index (χ2v) is 5.84. The zero-order valence-electron chi connectivity index (χ0n) is 10.9. The number of nitrogens with two attached hydrogens (primary N) is 1. The van der Waals surface area contributed by atoms with E-state index in [2.05, 4.69) is 6.92 Å². The second-order valence-electron chi connectivity index (χ2n) is 5.84. The maximum atomic E-state index is 11.7. The van der Waals surface area contributed by atoms with Crippen LogP contribution >= 0.6 is 0 Å².